The lowest BCUT2D eigenvalue weighted by Crippen LogP contribution is -2.34. The average Bonchev–Trinajstić information content (AvgIpc) is 2.70. The summed E-state index contributed by atoms with van der Waals surface area (Å²) < 4.78 is 0. The third kappa shape index (κ3) is 3.33. The molecule has 0 spiro atoms. The predicted octanol–water partition coefficient (Wildman–Crippen LogP) is 2.27. The van der Waals surface area contributed by atoms with E-state index in [-0.39, 0.29) is 6.04 Å². The van der Waals surface area contributed by atoms with Gasteiger partial charge in [-0.1, -0.05) is 19.1 Å². The van der Waals surface area contributed by atoms with E-state index in [1.54, 1.807) is 0 Å². The van der Waals surface area contributed by atoms with E-state index in [0.29, 0.717) is 12.0 Å². The number of anilines is 1. The van der Waals surface area contributed by atoms with E-state index < -0.39 is 0 Å². The summed E-state index contributed by atoms with van der Waals surface area (Å²) >= 11 is 0. The highest BCUT2D eigenvalue weighted by Gasteiger charge is 2.31. The Bertz CT molecular complexity index is 454. The molecule has 0 aliphatic carbocycles. The van der Waals surface area contributed by atoms with Gasteiger partial charge in [0.05, 0.1) is 0 Å². The molecule has 3 unspecified atom stereocenters. The number of benzene rings is 1. The third-order valence-electron chi connectivity index (χ3n) is 4.40. The molecular formula is C17H29N3. The Morgan fingerprint density at radius 1 is 1.35 bits per heavy atom. The number of rotatable bonds is 4. The summed E-state index contributed by atoms with van der Waals surface area (Å²) in [5, 5.41) is 0. The van der Waals surface area contributed by atoms with E-state index in [0.717, 1.165) is 19.5 Å². The summed E-state index contributed by atoms with van der Waals surface area (Å²) in [5.41, 5.74) is 9.99. The van der Waals surface area contributed by atoms with E-state index in [4.69, 9.17) is 5.73 Å². The minimum atomic E-state index is 0.227. The zero-order chi connectivity index (χ0) is 14.9. The largest absolute Gasteiger partial charge is 0.369 e. The number of hydrogen-bond acceptors (Lipinski definition) is 3. The van der Waals surface area contributed by atoms with Crippen LogP contribution < -0.4 is 10.6 Å². The van der Waals surface area contributed by atoms with Crippen molar-refractivity contribution in [3.8, 4) is 0 Å². The summed E-state index contributed by atoms with van der Waals surface area (Å²) in [6.07, 6.45) is 0.956. The molecule has 3 heteroatoms. The highest BCUT2D eigenvalue weighted by atomic mass is 15.2. The second-order valence-electron chi connectivity index (χ2n) is 6.72. The molecule has 2 N–H and O–H groups in total. The quantitative estimate of drug-likeness (QED) is 0.915. The molecule has 112 valence electrons. The predicted molar refractivity (Wildman–Crippen MR) is 87.4 cm³/mol. The topological polar surface area (TPSA) is 32.5 Å². The van der Waals surface area contributed by atoms with Crippen LogP contribution in [0.2, 0.25) is 0 Å². The minimum Gasteiger partial charge on any atom is -0.369 e. The van der Waals surface area contributed by atoms with Crippen LogP contribution in [0.25, 0.3) is 0 Å². The Kier molecular flexibility index (Phi) is 4.71. The molecule has 1 aliphatic rings. The number of nitrogens with zero attached hydrogens (tertiary/aromatic N) is 2. The second-order valence-corrected chi connectivity index (χ2v) is 6.72. The zero-order valence-electron chi connectivity index (χ0n) is 13.6. The SMILES string of the molecule is Cc1cc(CC(C)N)ccc1N1CC(C)C(N(C)C)C1. The van der Waals surface area contributed by atoms with Gasteiger partial charge in [-0.3, -0.25) is 0 Å². The summed E-state index contributed by atoms with van der Waals surface area (Å²) in [7, 11) is 4.37. The van der Waals surface area contributed by atoms with Gasteiger partial charge in [-0.2, -0.15) is 0 Å². The lowest BCUT2D eigenvalue weighted by atomic mass is 10.0. The van der Waals surface area contributed by atoms with Crippen molar-refractivity contribution in [3.63, 3.8) is 0 Å². The van der Waals surface area contributed by atoms with E-state index in [1.807, 2.05) is 0 Å². The van der Waals surface area contributed by atoms with Gasteiger partial charge >= 0.3 is 0 Å². The van der Waals surface area contributed by atoms with Crippen LogP contribution in [-0.2, 0) is 6.42 Å². The van der Waals surface area contributed by atoms with Crippen LogP contribution >= 0.6 is 0 Å². The van der Waals surface area contributed by atoms with E-state index in [2.05, 4.69) is 62.9 Å². The number of aryl methyl sites for hydroxylation is 1. The van der Waals surface area contributed by atoms with E-state index in [1.165, 1.54) is 16.8 Å². The van der Waals surface area contributed by atoms with Gasteiger partial charge in [0.1, 0.15) is 0 Å². The molecule has 1 aliphatic heterocycles. The molecule has 1 heterocycles. The first-order valence-corrected chi connectivity index (χ1v) is 7.65. The normalized spacial score (nSPS) is 24.4. The van der Waals surface area contributed by atoms with Crippen molar-refractivity contribution in [2.45, 2.75) is 39.3 Å². The van der Waals surface area contributed by atoms with Crippen molar-refractivity contribution >= 4 is 5.69 Å². The van der Waals surface area contributed by atoms with E-state index in [9.17, 15) is 0 Å². The van der Waals surface area contributed by atoms with Crippen LogP contribution in [0.4, 0.5) is 5.69 Å². The van der Waals surface area contributed by atoms with Crippen LogP contribution in [0.3, 0.4) is 0 Å². The zero-order valence-corrected chi connectivity index (χ0v) is 13.6. The Labute approximate surface area is 123 Å². The van der Waals surface area contributed by atoms with Gasteiger partial charge in [0.15, 0.2) is 0 Å². The molecular weight excluding hydrogens is 246 g/mol. The van der Waals surface area contributed by atoms with Gasteiger partial charge in [-0.15, -0.1) is 0 Å². The molecule has 0 aromatic heterocycles. The summed E-state index contributed by atoms with van der Waals surface area (Å²) in [6, 6.07) is 7.69. The van der Waals surface area contributed by atoms with Gasteiger partial charge in [0.2, 0.25) is 0 Å². The molecule has 3 atom stereocenters. The number of nitrogens with two attached hydrogens (primary N) is 1. The van der Waals surface area contributed by atoms with Crippen LogP contribution in [0.1, 0.15) is 25.0 Å². The Balaban J connectivity index is 2.14. The summed E-state index contributed by atoms with van der Waals surface area (Å²) in [5.74, 6) is 0.716. The van der Waals surface area contributed by atoms with Gasteiger partial charge in [0, 0.05) is 30.9 Å². The fourth-order valence-corrected chi connectivity index (χ4v) is 3.39. The number of hydrogen-bond donors (Lipinski definition) is 1. The van der Waals surface area contributed by atoms with Crippen LogP contribution in [-0.4, -0.2) is 44.2 Å². The van der Waals surface area contributed by atoms with Gasteiger partial charge in [0.25, 0.3) is 0 Å². The molecule has 0 radical (unpaired) electrons. The Morgan fingerprint density at radius 2 is 2.05 bits per heavy atom. The molecule has 1 aromatic carbocycles. The van der Waals surface area contributed by atoms with Crippen LogP contribution in [0.5, 0.6) is 0 Å². The lowest BCUT2D eigenvalue weighted by Gasteiger charge is -2.24. The fraction of sp³-hybridized carbons (Fsp3) is 0.647. The standard InChI is InChI=1S/C17H29N3/c1-12-8-15(9-14(3)18)6-7-16(12)20-10-13(2)17(11-20)19(4)5/h6-8,13-14,17H,9-11,18H2,1-5H3. The van der Waals surface area contributed by atoms with Gasteiger partial charge in [-0.05, 0) is 57.5 Å². The molecule has 0 bridgehead atoms. The van der Waals surface area contributed by atoms with Crippen molar-refractivity contribution in [1.29, 1.82) is 0 Å². The first-order valence-electron chi connectivity index (χ1n) is 7.65. The van der Waals surface area contributed by atoms with Crippen LogP contribution in [0, 0.1) is 12.8 Å². The van der Waals surface area contributed by atoms with Crippen molar-refractivity contribution in [3.05, 3.63) is 29.3 Å². The molecule has 2 rings (SSSR count). The number of likely N-dealkylation sites (N-methyl/N-ethyl adjacent to an activating group) is 1. The Hall–Kier alpha value is -1.06. The molecule has 1 saturated heterocycles. The maximum absolute atomic E-state index is 5.89. The monoisotopic (exact) mass is 275 g/mol. The molecule has 0 saturated carbocycles. The molecule has 1 fully saturated rings. The fourth-order valence-electron chi connectivity index (χ4n) is 3.39. The van der Waals surface area contributed by atoms with Crippen molar-refractivity contribution < 1.29 is 0 Å². The highest BCUT2D eigenvalue weighted by Crippen LogP contribution is 2.29. The average molecular weight is 275 g/mol. The smallest absolute Gasteiger partial charge is 0.0396 e. The van der Waals surface area contributed by atoms with Crippen LogP contribution in [0.15, 0.2) is 18.2 Å². The molecule has 3 nitrogen and oxygen atoms in total. The second kappa shape index (κ2) is 6.15. The molecule has 1 aromatic rings. The van der Waals surface area contributed by atoms with E-state index >= 15 is 0 Å². The van der Waals surface area contributed by atoms with Gasteiger partial charge in [-0.25, -0.2) is 0 Å². The summed E-state index contributed by atoms with van der Waals surface area (Å²) in [4.78, 5) is 4.88. The third-order valence-corrected chi connectivity index (χ3v) is 4.40. The molecule has 0 amide bonds. The highest BCUT2D eigenvalue weighted by molar-refractivity contribution is 5.55. The first kappa shape index (κ1) is 15.3. The van der Waals surface area contributed by atoms with Gasteiger partial charge < -0.3 is 15.5 Å². The Morgan fingerprint density at radius 3 is 2.55 bits per heavy atom. The lowest BCUT2D eigenvalue weighted by molar-refractivity contribution is 0.266. The first-order chi connectivity index (χ1) is 9.38. The minimum absolute atomic E-state index is 0.227. The van der Waals surface area contributed by atoms with Crippen molar-refractivity contribution in [2.24, 2.45) is 11.7 Å². The maximum Gasteiger partial charge on any atom is 0.0396 e. The summed E-state index contributed by atoms with van der Waals surface area (Å²) in [6.45, 7) is 8.91. The molecule has 20 heavy (non-hydrogen) atoms. The maximum atomic E-state index is 5.89. The van der Waals surface area contributed by atoms with Crippen molar-refractivity contribution in [2.75, 3.05) is 32.1 Å². The van der Waals surface area contributed by atoms with Crippen molar-refractivity contribution in [1.82, 2.24) is 4.90 Å².